The molecular weight excluding hydrogens is 207 g/mol. The molecule has 2 atom stereocenters. The predicted octanol–water partition coefficient (Wildman–Crippen LogP) is 1.91. The highest BCUT2D eigenvalue weighted by atomic mass is 19.1. The number of nitrogens with one attached hydrogen (secondary N) is 1. The van der Waals surface area contributed by atoms with E-state index in [9.17, 15) is 4.39 Å². The Balaban J connectivity index is 2.21. The summed E-state index contributed by atoms with van der Waals surface area (Å²) in [5.41, 5.74) is 0.701. The first-order valence-electron chi connectivity index (χ1n) is 5.73. The van der Waals surface area contributed by atoms with Crippen molar-refractivity contribution in [1.29, 1.82) is 0 Å². The van der Waals surface area contributed by atoms with Gasteiger partial charge in [-0.25, -0.2) is 4.39 Å². The van der Waals surface area contributed by atoms with Gasteiger partial charge in [0.05, 0.1) is 12.8 Å². The Kier molecular flexibility index (Phi) is 3.85. The molecule has 0 amide bonds. The number of hydrogen-bond donors (Lipinski definition) is 1. The zero-order valence-corrected chi connectivity index (χ0v) is 9.45. The summed E-state index contributed by atoms with van der Waals surface area (Å²) in [6.07, 6.45) is 3.90. The van der Waals surface area contributed by atoms with Gasteiger partial charge in [-0.1, -0.05) is 6.92 Å². The van der Waals surface area contributed by atoms with Crippen molar-refractivity contribution in [3.8, 4) is 0 Å². The van der Waals surface area contributed by atoms with E-state index < -0.39 is 0 Å². The Labute approximate surface area is 95.0 Å². The first kappa shape index (κ1) is 11.5. The van der Waals surface area contributed by atoms with E-state index in [0.29, 0.717) is 18.1 Å². The summed E-state index contributed by atoms with van der Waals surface area (Å²) in [6.45, 7) is 4.34. The van der Waals surface area contributed by atoms with Gasteiger partial charge < -0.3 is 10.1 Å². The molecule has 88 valence electrons. The fourth-order valence-corrected chi connectivity index (χ4v) is 2.20. The minimum absolute atomic E-state index is 0.0375. The van der Waals surface area contributed by atoms with Crippen LogP contribution >= 0.6 is 0 Å². The molecule has 1 aliphatic heterocycles. The highest BCUT2D eigenvalue weighted by Gasteiger charge is 2.28. The number of nitrogens with zero attached hydrogens (tertiary/aromatic N) is 1. The number of hydrogen-bond acceptors (Lipinski definition) is 3. The van der Waals surface area contributed by atoms with Crippen LogP contribution in [0.5, 0.6) is 0 Å². The van der Waals surface area contributed by atoms with E-state index in [1.165, 1.54) is 6.20 Å². The standard InChI is InChI=1S/C12H17FN2O/c1-2-15-12(9-4-6-16-8-9)10-3-5-14-7-11(10)13/h3,5,7,9,12,15H,2,4,6,8H2,1H3. The van der Waals surface area contributed by atoms with E-state index in [1.54, 1.807) is 12.3 Å². The Morgan fingerprint density at radius 1 is 1.69 bits per heavy atom. The lowest BCUT2D eigenvalue weighted by atomic mass is 9.92. The Morgan fingerprint density at radius 3 is 3.19 bits per heavy atom. The minimum atomic E-state index is -0.236. The Hall–Kier alpha value is -1.00. The zero-order chi connectivity index (χ0) is 11.4. The number of aromatic nitrogens is 1. The highest BCUT2D eigenvalue weighted by Crippen LogP contribution is 2.29. The number of rotatable bonds is 4. The summed E-state index contributed by atoms with van der Waals surface area (Å²) >= 11 is 0. The van der Waals surface area contributed by atoms with Gasteiger partial charge in [-0.3, -0.25) is 4.98 Å². The molecule has 0 saturated carbocycles. The summed E-state index contributed by atoms with van der Waals surface area (Å²) in [5.74, 6) is 0.122. The maximum atomic E-state index is 13.7. The smallest absolute Gasteiger partial charge is 0.146 e. The van der Waals surface area contributed by atoms with E-state index in [2.05, 4.69) is 10.3 Å². The lowest BCUT2D eigenvalue weighted by molar-refractivity contribution is 0.176. The molecular formula is C12H17FN2O. The van der Waals surface area contributed by atoms with E-state index in [0.717, 1.165) is 19.6 Å². The molecule has 2 heterocycles. The van der Waals surface area contributed by atoms with Gasteiger partial charge in [-0.2, -0.15) is 0 Å². The van der Waals surface area contributed by atoms with Gasteiger partial charge in [0.2, 0.25) is 0 Å². The van der Waals surface area contributed by atoms with Crippen molar-refractivity contribution in [3.63, 3.8) is 0 Å². The Morgan fingerprint density at radius 2 is 2.56 bits per heavy atom. The molecule has 16 heavy (non-hydrogen) atoms. The van der Waals surface area contributed by atoms with Crippen LogP contribution in [-0.4, -0.2) is 24.7 Å². The van der Waals surface area contributed by atoms with Crippen LogP contribution in [0.25, 0.3) is 0 Å². The third-order valence-corrected chi connectivity index (χ3v) is 3.00. The quantitative estimate of drug-likeness (QED) is 0.848. The third kappa shape index (κ3) is 2.39. The summed E-state index contributed by atoms with van der Waals surface area (Å²) < 4.78 is 19.0. The van der Waals surface area contributed by atoms with Crippen LogP contribution in [-0.2, 0) is 4.74 Å². The largest absolute Gasteiger partial charge is 0.381 e. The zero-order valence-electron chi connectivity index (χ0n) is 9.45. The molecule has 0 aliphatic carbocycles. The van der Waals surface area contributed by atoms with Crippen molar-refractivity contribution in [2.75, 3.05) is 19.8 Å². The molecule has 1 aromatic heterocycles. The maximum Gasteiger partial charge on any atom is 0.146 e. The average Bonchev–Trinajstić information content (AvgIpc) is 2.80. The second kappa shape index (κ2) is 5.37. The molecule has 1 N–H and O–H groups in total. The fourth-order valence-electron chi connectivity index (χ4n) is 2.20. The van der Waals surface area contributed by atoms with Crippen molar-refractivity contribution in [1.82, 2.24) is 10.3 Å². The monoisotopic (exact) mass is 224 g/mol. The summed E-state index contributed by atoms with van der Waals surface area (Å²) in [7, 11) is 0. The first-order chi connectivity index (χ1) is 7.83. The van der Waals surface area contributed by atoms with Crippen molar-refractivity contribution in [2.24, 2.45) is 5.92 Å². The third-order valence-electron chi connectivity index (χ3n) is 3.00. The molecule has 0 aromatic carbocycles. The molecule has 1 saturated heterocycles. The first-order valence-corrected chi connectivity index (χ1v) is 5.73. The van der Waals surface area contributed by atoms with E-state index in [1.807, 2.05) is 6.92 Å². The van der Waals surface area contributed by atoms with Gasteiger partial charge >= 0.3 is 0 Å². The Bertz CT molecular complexity index is 340. The van der Waals surface area contributed by atoms with Gasteiger partial charge in [0.15, 0.2) is 0 Å². The molecule has 0 spiro atoms. The van der Waals surface area contributed by atoms with Gasteiger partial charge in [-0.05, 0) is 19.0 Å². The van der Waals surface area contributed by atoms with Gasteiger partial charge in [0, 0.05) is 30.3 Å². The number of pyridine rings is 1. The van der Waals surface area contributed by atoms with Crippen molar-refractivity contribution >= 4 is 0 Å². The van der Waals surface area contributed by atoms with Crippen LogP contribution in [0.2, 0.25) is 0 Å². The summed E-state index contributed by atoms with van der Waals surface area (Å²) in [5, 5.41) is 3.33. The van der Waals surface area contributed by atoms with Gasteiger partial charge in [0.1, 0.15) is 5.82 Å². The number of halogens is 1. The molecule has 2 rings (SSSR count). The van der Waals surface area contributed by atoms with Gasteiger partial charge in [0.25, 0.3) is 0 Å². The second-order valence-electron chi connectivity index (χ2n) is 4.06. The molecule has 1 aliphatic rings. The average molecular weight is 224 g/mol. The fraction of sp³-hybridized carbons (Fsp3) is 0.583. The molecule has 0 radical (unpaired) electrons. The lowest BCUT2D eigenvalue weighted by Gasteiger charge is -2.23. The van der Waals surface area contributed by atoms with Crippen molar-refractivity contribution in [2.45, 2.75) is 19.4 Å². The van der Waals surface area contributed by atoms with Crippen LogP contribution < -0.4 is 5.32 Å². The van der Waals surface area contributed by atoms with E-state index >= 15 is 0 Å². The van der Waals surface area contributed by atoms with Crippen LogP contribution in [0.3, 0.4) is 0 Å². The van der Waals surface area contributed by atoms with Crippen LogP contribution in [0.4, 0.5) is 4.39 Å². The predicted molar refractivity (Wildman–Crippen MR) is 59.5 cm³/mol. The molecule has 1 fully saturated rings. The van der Waals surface area contributed by atoms with Crippen LogP contribution in [0, 0.1) is 11.7 Å². The maximum absolute atomic E-state index is 13.7. The topological polar surface area (TPSA) is 34.2 Å². The lowest BCUT2D eigenvalue weighted by Crippen LogP contribution is -2.29. The SMILES string of the molecule is CCNC(c1ccncc1F)C1CCOC1. The van der Waals surface area contributed by atoms with Crippen molar-refractivity contribution in [3.05, 3.63) is 29.8 Å². The molecule has 3 nitrogen and oxygen atoms in total. The normalized spacial score (nSPS) is 22.2. The second-order valence-corrected chi connectivity index (χ2v) is 4.06. The molecule has 4 heteroatoms. The van der Waals surface area contributed by atoms with Crippen LogP contribution in [0.15, 0.2) is 18.5 Å². The highest BCUT2D eigenvalue weighted by molar-refractivity contribution is 5.18. The number of ether oxygens (including phenoxy) is 1. The van der Waals surface area contributed by atoms with Crippen LogP contribution in [0.1, 0.15) is 24.9 Å². The van der Waals surface area contributed by atoms with Gasteiger partial charge in [-0.15, -0.1) is 0 Å². The summed E-state index contributed by atoms with van der Waals surface area (Å²) in [4.78, 5) is 3.78. The van der Waals surface area contributed by atoms with Crippen molar-refractivity contribution < 1.29 is 9.13 Å². The minimum Gasteiger partial charge on any atom is -0.381 e. The van der Waals surface area contributed by atoms with E-state index in [-0.39, 0.29) is 11.9 Å². The molecule has 0 bridgehead atoms. The molecule has 2 unspecified atom stereocenters. The summed E-state index contributed by atoms with van der Waals surface area (Å²) in [6, 6.07) is 1.79. The molecule has 1 aromatic rings. The van der Waals surface area contributed by atoms with E-state index in [4.69, 9.17) is 4.74 Å².